The minimum Gasteiger partial charge on any atom is -0.496 e. The lowest BCUT2D eigenvalue weighted by Crippen LogP contribution is -1.97. The second-order valence-electron chi connectivity index (χ2n) is 4.00. The summed E-state index contributed by atoms with van der Waals surface area (Å²) in [4.78, 5) is 4.53. The van der Waals surface area contributed by atoms with Gasteiger partial charge in [-0.2, -0.15) is 0 Å². The number of ether oxygens (including phenoxy) is 2. The van der Waals surface area contributed by atoms with Crippen LogP contribution in [0.15, 0.2) is 18.2 Å². The zero-order chi connectivity index (χ0) is 14.4. The van der Waals surface area contributed by atoms with Crippen molar-refractivity contribution >= 4 is 10.9 Å². The number of aromatic nitrogens is 1. The first-order valence-corrected chi connectivity index (χ1v) is 6.75. The molecule has 0 unspecified atom stereocenters. The largest absolute Gasteiger partial charge is 0.496 e. The fraction of sp³-hybridized carbons (Fsp3) is 0.438. The number of aryl methyl sites for hydroxylation is 2. The predicted molar refractivity (Wildman–Crippen MR) is 80.3 cm³/mol. The SMILES string of the molecule is CC.CCOc1cc(C)c2ccc(OC)c(C)c2n1. The molecule has 0 saturated carbocycles. The van der Waals surface area contributed by atoms with E-state index < -0.39 is 0 Å². The Morgan fingerprint density at radius 2 is 1.84 bits per heavy atom. The summed E-state index contributed by atoms with van der Waals surface area (Å²) in [6.45, 7) is 10.7. The maximum Gasteiger partial charge on any atom is 0.214 e. The highest BCUT2D eigenvalue weighted by atomic mass is 16.5. The lowest BCUT2D eigenvalue weighted by atomic mass is 10.1. The van der Waals surface area contributed by atoms with E-state index in [0.29, 0.717) is 12.5 Å². The number of hydrogen-bond acceptors (Lipinski definition) is 3. The summed E-state index contributed by atoms with van der Waals surface area (Å²) in [6.07, 6.45) is 0. The first-order valence-electron chi connectivity index (χ1n) is 6.75. The van der Waals surface area contributed by atoms with Crippen LogP contribution in [-0.4, -0.2) is 18.7 Å². The van der Waals surface area contributed by atoms with Gasteiger partial charge in [-0.3, -0.25) is 0 Å². The van der Waals surface area contributed by atoms with Crippen molar-refractivity contribution in [3.05, 3.63) is 29.3 Å². The molecule has 0 aliphatic rings. The van der Waals surface area contributed by atoms with E-state index in [9.17, 15) is 0 Å². The highest BCUT2D eigenvalue weighted by molar-refractivity contribution is 5.87. The second kappa shape index (κ2) is 6.98. The van der Waals surface area contributed by atoms with Crippen LogP contribution in [0.4, 0.5) is 0 Å². The standard InChI is InChI=1S/C14H17NO2.C2H6/c1-5-17-13-8-9(2)11-6-7-12(16-4)10(3)14(11)15-13;1-2/h6-8H,5H2,1-4H3;1-2H3. The third kappa shape index (κ3) is 3.16. The van der Waals surface area contributed by atoms with Gasteiger partial charge in [0, 0.05) is 17.0 Å². The van der Waals surface area contributed by atoms with Crippen LogP contribution in [0.3, 0.4) is 0 Å². The lowest BCUT2D eigenvalue weighted by Gasteiger charge is -2.11. The molecule has 1 aromatic carbocycles. The number of pyridine rings is 1. The molecule has 3 heteroatoms. The molecule has 104 valence electrons. The summed E-state index contributed by atoms with van der Waals surface area (Å²) in [5, 5.41) is 1.15. The van der Waals surface area contributed by atoms with Gasteiger partial charge in [0.2, 0.25) is 5.88 Å². The van der Waals surface area contributed by atoms with Gasteiger partial charge in [-0.15, -0.1) is 0 Å². The van der Waals surface area contributed by atoms with E-state index >= 15 is 0 Å². The van der Waals surface area contributed by atoms with Gasteiger partial charge in [-0.1, -0.05) is 13.8 Å². The summed E-state index contributed by atoms with van der Waals surface area (Å²) in [7, 11) is 1.67. The topological polar surface area (TPSA) is 31.4 Å². The molecule has 3 nitrogen and oxygen atoms in total. The van der Waals surface area contributed by atoms with E-state index in [4.69, 9.17) is 9.47 Å². The highest BCUT2D eigenvalue weighted by Gasteiger charge is 2.09. The molecule has 0 saturated heterocycles. The van der Waals surface area contributed by atoms with Gasteiger partial charge >= 0.3 is 0 Å². The van der Waals surface area contributed by atoms with E-state index in [2.05, 4.69) is 11.9 Å². The Balaban J connectivity index is 0.000000861. The Labute approximate surface area is 115 Å². The molecule has 0 radical (unpaired) electrons. The van der Waals surface area contributed by atoms with Crippen LogP contribution in [-0.2, 0) is 0 Å². The molecule has 0 amide bonds. The van der Waals surface area contributed by atoms with Crippen LogP contribution in [0.25, 0.3) is 10.9 Å². The Kier molecular flexibility index (Phi) is 5.61. The van der Waals surface area contributed by atoms with Crippen LogP contribution in [0.2, 0.25) is 0 Å². The lowest BCUT2D eigenvalue weighted by molar-refractivity contribution is 0.328. The molecule has 1 heterocycles. The summed E-state index contributed by atoms with van der Waals surface area (Å²) in [6, 6.07) is 5.99. The van der Waals surface area contributed by atoms with Gasteiger partial charge in [0.15, 0.2) is 0 Å². The van der Waals surface area contributed by atoms with Crippen molar-refractivity contribution in [3.63, 3.8) is 0 Å². The Morgan fingerprint density at radius 1 is 1.16 bits per heavy atom. The molecular formula is C16H23NO2. The molecule has 0 aliphatic carbocycles. The van der Waals surface area contributed by atoms with E-state index in [0.717, 1.165) is 22.2 Å². The molecule has 0 atom stereocenters. The van der Waals surface area contributed by atoms with Gasteiger partial charge < -0.3 is 9.47 Å². The summed E-state index contributed by atoms with van der Waals surface area (Å²) < 4.78 is 10.8. The van der Waals surface area contributed by atoms with Crippen LogP contribution in [0, 0.1) is 13.8 Å². The first kappa shape index (κ1) is 15.3. The van der Waals surface area contributed by atoms with Crippen LogP contribution >= 0.6 is 0 Å². The maximum atomic E-state index is 5.47. The minimum atomic E-state index is 0.626. The van der Waals surface area contributed by atoms with E-state index in [1.165, 1.54) is 5.56 Å². The number of rotatable bonds is 3. The summed E-state index contributed by atoms with van der Waals surface area (Å²) in [5.41, 5.74) is 3.17. The van der Waals surface area contributed by atoms with Crippen molar-refractivity contribution in [1.82, 2.24) is 4.98 Å². The molecule has 0 aliphatic heterocycles. The van der Waals surface area contributed by atoms with Crippen molar-refractivity contribution < 1.29 is 9.47 Å². The molecule has 0 bridgehead atoms. The van der Waals surface area contributed by atoms with Gasteiger partial charge in [0.25, 0.3) is 0 Å². The van der Waals surface area contributed by atoms with Crippen molar-refractivity contribution in [2.75, 3.05) is 13.7 Å². The molecule has 2 rings (SSSR count). The highest BCUT2D eigenvalue weighted by Crippen LogP contribution is 2.29. The smallest absolute Gasteiger partial charge is 0.214 e. The van der Waals surface area contributed by atoms with Gasteiger partial charge in [0.1, 0.15) is 5.75 Å². The zero-order valence-corrected chi connectivity index (χ0v) is 12.7. The van der Waals surface area contributed by atoms with Crippen LogP contribution < -0.4 is 9.47 Å². The fourth-order valence-corrected chi connectivity index (χ4v) is 1.99. The quantitative estimate of drug-likeness (QED) is 0.826. The molecule has 19 heavy (non-hydrogen) atoms. The third-order valence-corrected chi connectivity index (χ3v) is 2.88. The van der Waals surface area contributed by atoms with Crippen LogP contribution in [0.1, 0.15) is 31.9 Å². The maximum absolute atomic E-state index is 5.47. The predicted octanol–water partition coefficient (Wildman–Crippen LogP) is 4.29. The van der Waals surface area contributed by atoms with Crippen molar-refractivity contribution in [2.24, 2.45) is 0 Å². The van der Waals surface area contributed by atoms with E-state index in [1.807, 2.05) is 45.9 Å². The number of fused-ring (bicyclic) bond motifs is 1. The van der Waals surface area contributed by atoms with Crippen molar-refractivity contribution in [2.45, 2.75) is 34.6 Å². The number of hydrogen-bond donors (Lipinski definition) is 0. The zero-order valence-electron chi connectivity index (χ0n) is 12.7. The van der Waals surface area contributed by atoms with Crippen molar-refractivity contribution in [1.29, 1.82) is 0 Å². The second-order valence-corrected chi connectivity index (χ2v) is 4.00. The average Bonchev–Trinajstić information content (AvgIpc) is 2.43. The molecule has 0 fully saturated rings. The third-order valence-electron chi connectivity index (χ3n) is 2.88. The van der Waals surface area contributed by atoms with Gasteiger partial charge in [-0.25, -0.2) is 4.98 Å². The Hall–Kier alpha value is -1.77. The molecule has 1 aromatic heterocycles. The monoisotopic (exact) mass is 261 g/mol. The van der Waals surface area contributed by atoms with Gasteiger partial charge in [0.05, 0.1) is 19.2 Å². The molecule has 0 N–H and O–H groups in total. The first-order chi connectivity index (χ1) is 9.17. The summed E-state index contributed by atoms with van der Waals surface area (Å²) in [5.74, 6) is 1.53. The summed E-state index contributed by atoms with van der Waals surface area (Å²) >= 11 is 0. The number of benzene rings is 1. The van der Waals surface area contributed by atoms with Crippen molar-refractivity contribution in [3.8, 4) is 11.6 Å². The minimum absolute atomic E-state index is 0.626. The molecule has 0 spiro atoms. The van der Waals surface area contributed by atoms with E-state index in [1.54, 1.807) is 7.11 Å². The Morgan fingerprint density at radius 3 is 2.42 bits per heavy atom. The van der Waals surface area contributed by atoms with Gasteiger partial charge in [-0.05, 0) is 38.5 Å². The fourth-order valence-electron chi connectivity index (χ4n) is 1.99. The van der Waals surface area contributed by atoms with E-state index in [-0.39, 0.29) is 0 Å². The van der Waals surface area contributed by atoms with Crippen LogP contribution in [0.5, 0.6) is 11.6 Å². The average molecular weight is 261 g/mol. The molecule has 2 aromatic rings. The number of methoxy groups -OCH3 is 1. The normalized spacial score (nSPS) is 9.79. The number of nitrogens with zero attached hydrogens (tertiary/aromatic N) is 1. The Bertz CT molecular complexity index is 550. The molecular weight excluding hydrogens is 238 g/mol.